The Hall–Kier alpha value is -3.04. The summed E-state index contributed by atoms with van der Waals surface area (Å²) >= 11 is 5.58. The van der Waals surface area contributed by atoms with Crippen LogP contribution in [-0.4, -0.2) is 21.4 Å². The third-order valence-electron chi connectivity index (χ3n) is 4.70. The predicted molar refractivity (Wildman–Crippen MR) is 118 cm³/mol. The van der Waals surface area contributed by atoms with Crippen molar-refractivity contribution in [1.82, 2.24) is 0 Å². The monoisotopic (exact) mass is 482 g/mol. The number of aryl methyl sites for hydroxylation is 1. The minimum Gasteiger partial charge on any atom is -0.322 e. The van der Waals surface area contributed by atoms with Gasteiger partial charge in [-0.05, 0) is 61.5 Å². The van der Waals surface area contributed by atoms with E-state index in [0.29, 0.717) is 5.69 Å². The highest BCUT2D eigenvalue weighted by molar-refractivity contribution is 7.92. The summed E-state index contributed by atoms with van der Waals surface area (Å²) in [5, 5.41) is 1.90. The molecule has 3 aromatic carbocycles. The zero-order valence-electron chi connectivity index (χ0n) is 16.9. The molecule has 0 heterocycles. The molecule has 3 aromatic rings. The summed E-state index contributed by atoms with van der Waals surface area (Å²) in [6.45, 7) is 1.85. The number of rotatable bonds is 5. The standard InChI is InChI=1S/C22H18ClF3N2O3S/c1-14-3-10-18(11-4-14)32(30,31)28(2)17-8-5-15(6-9-17)21(29)27-16-7-12-20(23)19(13-16)22(24,25)26/h3-13H,1-2H3,(H,27,29). The van der Waals surface area contributed by atoms with E-state index in [-0.39, 0.29) is 16.1 Å². The molecule has 0 unspecified atom stereocenters. The van der Waals surface area contributed by atoms with E-state index in [9.17, 15) is 26.4 Å². The Morgan fingerprint density at radius 3 is 2.12 bits per heavy atom. The van der Waals surface area contributed by atoms with Crippen LogP contribution in [0.3, 0.4) is 0 Å². The summed E-state index contributed by atoms with van der Waals surface area (Å²) in [4.78, 5) is 12.6. The third kappa shape index (κ3) is 5.05. The van der Waals surface area contributed by atoms with Crippen molar-refractivity contribution in [2.75, 3.05) is 16.7 Å². The minimum absolute atomic E-state index is 0.0742. The van der Waals surface area contributed by atoms with Crippen molar-refractivity contribution in [3.63, 3.8) is 0 Å². The van der Waals surface area contributed by atoms with Crippen LogP contribution in [0.1, 0.15) is 21.5 Å². The summed E-state index contributed by atoms with van der Waals surface area (Å²) in [7, 11) is -2.41. The Balaban J connectivity index is 1.78. The molecule has 0 bridgehead atoms. The fourth-order valence-electron chi connectivity index (χ4n) is 2.85. The van der Waals surface area contributed by atoms with Crippen LogP contribution in [0.2, 0.25) is 5.02 Å². The van der Waals surface area contributed by atoms with E-state index in [1.807, 2.05) is 6.92 Å². The van der Waals surface area contributed by atoms with Gasteiger partial charge >= 0.3 is 6.18 Å². The van der Waals surface area contributed by atoms with Gasteiger partial charge in [0, 0.05) is 18.3 Å². The lowest BCUT2D eigenvalue weighted by molar-refractivity contribution is -0.137. The van der Waals surface area contributed by atoms with Crippen molar-refractivity contribution in [1.29, 1.82) is 0 Å². The zero-order valence-corrected chi connectivity index (χ0v) is 18.5. The van der Waals surface area contributed by atoms with Crippen molar-refractivity contribution in [2.24, 2.45) is 0 Å². The van der Waals surface area contributed by atoms with Crippen molar-refractivity contribution in [3.8, 4) is 0 Å². The molecule has 10 heteroatoms. The summed E-state index contributed by atoms with van der Waals surface area (Å²) in [6.07, 6.45) is -4.66. The Labute approximate surface area is 188 Å². The first-order valence-electron chi connectivity index (χ1n) is 9.23. The van der Waals surface area contributed by atoms with Crippen molar-refractivity contribution in [3.05, 3.63) is 88.4 Å². The van der Waals surface area contributed by atoms with Gasteiger partial charge < -0.3 is 5.32 Å². The second-order valence-corrected chi connectivity index (χ2v) is 9.36. The minimum atomic E-state index is -4.66. The van der Waals surface area contributed by atoms with E-state index in [1.165, 1.54) is 49.5 Å². The molecule has 1 N–H and O–H groups in total. The summed E-state index contributed by atoms with van der Waals surface area (Å²) in [6, 6.07) is 15.1. The second-order valence-electron chi connectivity index (χ2n) is 6.98. The number of nitrogens with one attached hydrogen (secondary N) is 1. The maximum absolute atomic E-state index is 13.0. The first kappa shape index (κ1) is 23.6. The van der Waals surface area contributed by atoms with Crippen LogP contribution in [0.25, 0.3) is 0 Å². The van der Waals surface area contributed by atoms with Crippen LogP contribution in [0, 0.1) is 6.92 Å². The number of halogens is 4. The quantitative estimate of drug-likeness (QED) is 0.504. The highest BCUT2D eigenvalue weighted by atomic mass is 35.5. The van der Waals surface area contributed by atoms with Crippen molar-refractivity contribution >= 4 is 38.9 Å². The number of nitrogens with zero attached hydrogens (tertiary/aromatic N) is 1. The van der Waals surface area contributed by atoms with Crippen LogP contribution < -0.4 is 9.62 Å². The van der Waals surface area contributed by atoms with Gasteiger partial charge in [-0.2, -0.15) is 13.2 Å². The van der Waals surface area contributed by atoms with E-state index in [1.54, 1.807) is 12.1 Å². The smallest absolute Gasteiger partial charge is 0.322 e. The van der Waals surface area contributed by atoms with Gasteiger partial charge in [0.25, 0.3) is 15.9 Å². The fraction of sp³-hybridized carbons (Fsp3) is 0.136. The van der Waals surface area contributed by atoms with Gasteiger partial charge in [-0.15, -0.1) is 0 Å². The van der Waals surface area contributed by atoms with Crippen molar-refractivity contribution in [2.45, 2.75) is 18.0 Å². The number of anilines is 2. The topological polar surface area (TPSA) is 66.5 Å². The van der Waals surface area contributed by atoms with Gasteiger partial charge in [0.1, 0.15) is 0 Å². The average Bonchev–Trinajstić information content (AvgIpc) is 2.74. The lowest BCUT2D eigenvalue weighted by atomic mass is 10.1. The maximum Gasteiger partial charge on any atom is 0.417 e. The molecule has 0 radical (unpaired) electrons. The van der Waals surface area contributed by atoms with Crippen LogP contribution in [0.5, 0.6) is 0 Å². The Bertz CT molecular complexity index is 1240. The van der Waals surface area contributed by atoms with E-state index >= 15 is 0 Å². The zero-order chi connectivity index (χ0) is 23.7. The number of alkyl halides is 3. The molecule has 3 rings (SSSR count). The molecule has 0 aromatic heterocycles. The fourth-order valence-corrected chi connectivity index (χ4v) is 4.27. The summed E-state index contributed by atoms with van der Waals surface area (Å²) < 4.78 is 65.6. The number of carbonyl (C=O) groups excluding carboxylic acids is 1. The Kier molecular flexibility index (Phi) is 6.52. The summed E-state index contributed by atoms with van der Waals surface area (Å²) in [5.41, 5.74) is 0.237. The van der Waals surface area contributed by atoms with Crippen LogP contribution in [0.15, 0.2) is 71.6 Å². The SMILES string of the molecule is Cc1ccc(S(=O)(=O)N(C)c2ccc(C(=O)Nc3ccc(Cl)c(C(F)(F)F)c3)cc2)cc1. The molecule has 0 aliphatic heterocycles. The largest absolute Gasteiger partial charge is 0.417 e. The van der Waals surface area contributed by atoms with E-state index in [2.05, 4.69) is 5.32 Å². The highest BCUT2D eigenvalue weighted by Crippen LogP contribution is 2.36. The van der Waals surface area contributed by atoms with Gasteiger partial charge in [0.05, 0.1) is 21.2 Å². The molecule has 0 spiro atoms. The number of hydrogen-bond donors (Lipinski definition) is 1. The Morgan fingerprint density at radius 2 is 1.56 bits per heavy atom. The molecule has 168 valence electrons. The van der Waals surface area contributed by atoms with E-state index in [0.717, 1.165) is 22.0 Å². The lowest BCUT2D eigenvalue weighted by Gasteiger charge is -2.20. The molecule has 1 amide bonds. The predicted octanol–water partition coefficient (Wildman–Crippen LogP) is 5.74. The number of benzene rings is 3. The van der Waals surface area contributed by atoms with Gasteiger partial charge in [0.2, 0.25) is 0 Å². The van der Waals surface area contributed by atoms with Crippen LogP contribution >= 0.6 is 11.6 Å². The van der Waals surface area contributed by atoms with Gasteiger partial charge in [-0.3, -0.25) is 9.10 Å². The molecular formula is C22H18ClF3N2O3S. The van der Waals surface area contributed by atoms with Gasteiger partial charge in [-0.25, -0.2) is 8.42 Å². The molecule has 0 aliphatic rings. The maximum atomic E-state index is 13.0. The molecule has 5 nitrogen and oxygen atoms in total. The molecule has 32 heavy (non-hydrogen) atoms. The normalized spacial score (nSPS) is 11.8. The van der Waals surface area contributed by atoms with Gasteiger partial charge in [0.15, 0.2) is 0 Å². The molecular weight excluding hydrogens is 465 g/mol. The average molecular weight is 483 g/mol. The first-order chi connectivity index (χ1) is 14.9. The number of hydrogen-bond acceptors (Lipinski definition) is 3. The number of carbonyl (C=O) groups is 1. The third-order valence-corrected chi connectivity index (χ3v) is 6.83. The second kappa shape index (κ2) is 8.84. The molecule has 0 saturated carbocycles. The molecule has 0 fully saturated rings. The Morgan fingerprint density at radius 1 is 0.969 bits per heavy atom. The van der Waals surface area contributed by atoms with E-state index in [4.69, 9.17) is 11.6 Å². The van der Waals surface area contributed by atoms with Gasteiger partial charge in [-0.1, -0.05) is 29.3 Å². The summed E-state index contributed by atoms with van der Waals surface area (Å²) in [5.74, 6) is -0.656. The first-order valence-corrected chi connectivity index (χ1v) is 11.0. The lowest BCUT2D eigenvalue weighted by Crippen LogP contribution is -2.26. The number of amides is 1. The highest BCUT2D eigenvalue weighted by Gasteiger charge is 2.33. The van der Waals surface area contributed by atoms with E-state index < -0.39 is 32.7 Å². The van der Waals surface area contributed by atoms with Crippen molar-refractivity contribution < 1.29 is 26.4 Å². The number of sulfonamides is 1. The molecule has 0 aliphatic carbocycles. The van der Waals surface area contributed by atoms with Crippen LogP contribution in [0.4, 0.5) is 24.5 Å². The molecule has 0 atom stereocenters. The van der Waals surface area contributed by atoms with Crippen LogP contribution in [-0.2, 0) is 16.2 Å². The molecule has 0 saturated heterocycles.